The lowest BCUT2D eigenvalue weighted by Gasteiger charge is -2.03. The number of nitrogens with zero attached hydrogens (tertiary/aromatic N) is 3. The second-order valence-electron chi connectivity index (χ2n) is 4.48. The van der Waals surface area contributed by atoms with Gasteiger partial charge in [0, 0.05) is 17.0 Å². The van der Waals surface area contributed by atoms with Crippen LogP contribution in [0.25, 0.3) is 11.4 Å². The fraction of sp³-hybridized carbons (Fsp3) is 0.462. The van der Waals surface area contributed by atoms with Gasteiger partial charge in [-0.15, -0.1) is 0 Å². The van der Waals surface area contributed by atoms with Crippen LogP contribution in [-0.4, -0.2) is 27.1 Å². The minimum Gasteiger partial charge on any atom is -0.337 e. The summed E-state index contributed by atoms with van der Waals surface area (Å²) >= 11 is 1.75. The topological polar surface area (TPSA) is 77.8 Å². The van der Waals surface area contributed by atoms with Crippen molar-refractivity contribution in [3.63, 3.8) is 0 Å². The smallest absolute Gasteiger partial charge is 0.243 e. The van der Waals surface area contributed by atoms with Gasteiger partial charge in [0.2, 0.25) is 11.7 Å². The predicted molar refractivity (Wildman–Crippen MR) is 76.9 cm³/mol. The maximum absolute atomic E-state index is 6.01. The van der Waals surface area contributed by atoms with Crippen LogP contribution < -0.4 is 5.73 Å². The van der Waals surface area contributed by atoms with Gasteiger partial charge < -0.3 is 10.3 Å². The second kappa shape index (κ2) is 6.16. The summed E-state index contributed by atoms with van der Waals surface area (Å²) in [6.45, 7) is 3.89. The normalized spacial score (nSPS) is 12.6. The summed E-state index contributed by atoms with van der Waals surface area (Å²) in [6.07, 6.45) is 2.88. The van der Waals surface area contributed by atoms with Crippen molar-refractivity contribution in [1.82, 2.24) is 15.1 Å². The van der Waals surface area contributed by atoms with Crippen LogP contribution in [0.2, 0.25) is 0 Å². The quantitative estimate of drug-likeness (QED) is 0.905. The highest BCUT2D eigenvalue weighted by molar-refractivity contribution is 7.98. The number of aromatic nitrogens is 3. The lowest BCUT2D eigenvalue weighted by atomic mass is 10.2. The summed E-state index contributed by atoms with van der Waals surface area (Å²) in [5.74, 6) is 2.05. The van der Waals surface area contributed by atoms with Crippen LogP contribution in [0.1, 0.15) is 29.7 Å². The Morgan fingerprint density at radius 2 is 1.95 bits per heavy atom. The summed E-state index contributed by atoms with van der Waals surface area (Å²) in [5.41, 5.74) is 8.80. The SMILES string of the molecule is CSCCC(N)c1nc(-c2cc(C)nc(C)c2)no1. The first-order valence-corrected chi connectivity index (χ1v) is 7.53. The lowest BCUT2D eigenvalue weighted by Crippen LogP contribution is -2.11. The lowest BCUT2D eigenvalue weighted by molar-refractivity contribution is 0.353. The van der Waals surface area contributed by atoms with E-state index in [1.807, 2.05) is 26.0 Å². The summed E-state index contributed by atoms with van der Waals surface area (Å²) in [4.78, 5) is 8.70. The molecule has 0 saturated carbocycles. The molecule has 0 aromatic carbocycles. The fourth-order valence-corrected chi connectivity index (χ4v) is 2.32. The number of nitrogens with two attached hydrogens (primary N) is 1. The zero-order chi connectivity index (χ0) is 13.8. The number of aryl methyl sites for hydroxylation is 2. The number of rotatable bonds is 5. The molecular formula is C13H18N4OS. The molecule has 0 aliphatic rings. The molecule has 0 bridgehead atoms. The molecule has 0 aliphatic carbocycles. The summed E-state index contributed by atoms with van der Waals surface area (Å²) in [7, 11) is 0. The molecule has 0 fully saturated rings. The Labute approximate surface area is 117 Å². The standard InChI is InChI=1S/C13H18N4OS/c1-8-6-10(7-9(2)15-8)12-16-13(18-17-12)11(14)4-5-19-3/h6-7,11H,4-5,14H2,1-3H3. The van der Waals surface area contributed by atoms with Gasteiger partial charge in [-0.25, -0.2) is 0 Å². The van der Waals surface area contributed by atoms with Crippen LogP contribution in [0.15, 0.2) is 16.7 Å². The van der Waals surface area contributed by atoms with Crippen molar-refractivity contribution < 1.29 is 4.52 Å². The van der Waals surface area contributed by atoms with E-state index in [1.54, 1.807) is 11.8 Å². The minimum atomic E-state index is -0.197. The van der Waals surface area contributed by atoms with Gasteiger partial charge in [0.05, 0.1) is 6.04 Å². The van der Waals surface area contributed by atoms with Crippen molar-refractivity contribution in [2.24, 2.45) is 5.73 Å². The highest BCUT2D eigenvalue weighted by Crippen LogP contribution is 2.21. The number of hydrogen-bond acceptors (Lipinski definition) is 6. The van der Waals surface area contributed by atoms with E-state index in [2.05, 4.69) is 21.4 Å². The Morgan fingerprint density at radius 1 is 1.26 bits per heavy atom. The molecule has 2 rings (SSSR count). The molecule has 0 amide bonds. The van der Waals surface area contributed by atoms with Crippen LogP contribution in [0, 0.1) is 13.8 Å². The van der Waals surface area contributed by atoms with Crippen LogP contribution in [0.4, 0.5) is 0 Å². The zero-order valence-corrected chi connectivity index (χ0v) is 12.2. The first-order chi connectivity index (χ1) is 9.10. The molecule has 0 spiro atoms. The molecule has 1 unspecified atom stereocenters. The van der Waals surface area contributed by atoms with Gasteiger partial charge in [0.25, 0.3) is 0 Å². The third kappa shape index (κ3) is 3.54. The molecule has 2 heterocycles. The van der Waals surface area contributed by atoms with Crippen LogP contribution in [0.3, 0.4) is 0 Å². The molecule has 2 aromatic heterocycles. The first-order valence-electron chi connectivity index (χ1n) is 6.14. The molecule has 0 saturated heterocycles. The van der Waals surface area contributed by atoms with Gasteiger partial charge in [-0.1, -0.05) is 5.16 Å². The molecule has 5 nitrogen and oxygen atoms in total. The number of thioether (sulfide) groups is 1. The van der Waals surface area contributed by atoms with Crippen molar-refractivity contribution in [3.8, 4) is 11.4 Å². The fourth-order valence-electron chi connectivity index (χ4n) is 1.83. The number of hydrogen-bond donors (Lipinski definition) is 1. The monoisotopic (exact) mass is 278 g/mol. The van der Waals surface area contributed by atoms with Gasteiger partial charge in [-0.3, -0.25) is 4.98 Å². The van der Waals surface area contributed by atoms with Crippen molar-refractivity contribution in [2.75, 3.05) is 12.0 Å². The molecule has 6 heteroatoms. The van der Waals surface area contributed by atoms with Crippen molar-refractivity contribution in [2.45, 2.75) is 26.3 Å². The van der Waals surface area contributed by atoms with E-state index >= 15 is 0 Å². The van der Waals surface area contributed by atoms with E-state index in [0.29, 0.717) is 11.7 Å². The average molecular weight is 278 g/mol. The van der Waals surface area contributed by atoms with Crippen LogP contribution >= 0.6 is 11.8 Å². The Balaban J connectivity index is 2.20. The molecule has 2 N–H and O–H groups in total. The Morgan fingerprint density at radius 3 is 2.58 bits per heavy atom. The maximum atomic E-state index is 6.01. The van der Waals surface area contributed by atoms with Gasteiger partial charge in [-0.2, -0.15) is 16.7 Å². The highest BCUT2D eigenvalue weighted by Gasteiger charge is 2.15. The molecule has 0 radical (unpaired) electrons. The van der Waals surface area contributed by atoms with E-state index in [1.165, 1.54) is 0 Å². The number of pyridine rings is 1. The van der Waals surface area contributed by atoms with E-state index in [4.69, 9.17) is 10.3 Å². The van der Waals surface area contributed by atoms with Gasteiger partial charge in [0.1, 0.15) is 0 Å². The van der Waals surface area contributed by atoms with E-state index in [9.17, 15) is 0 Å². The zero-order valence-electron chi connectivity index (χ0n) is 11.4. The van der Waals surface area contributed by atoms with Crippen LogP contribution in [-0.2, 0) is 0 Å². The average Bonchev–Trinajstić information content (AvgIpc) is 2.84. The Hall–Kier alpha value is -1.40. The largest absolute Gasteiger partial charge is 0.337 e. The third-order valence-electron chi connectivity index (χ3n) is 2.73. The van der Waals surface area contributed by atoms with Crippen molar-refractivity contribution >= 4 is 11.8 Å². The highest BCUT2D eigenvalue weighted by atomic mass is 32.2. The summed E-state index contributed by atoms with van der Waals surface area (Å²) in [6, 6.07) is 3.68. The molecule has 1 atom stereocenters. The molecular weight excluding hydrogens is 260 g/mol. The summed E-state index contributed by atoms with van der Waals surface area (Å²) < 4.78 is 5.24. The first kappa shape index (κ1) is 14.0. The Bertz CT molecular complexity index is 535. The predicted octanol–water partition coefficient (Wildman–Crippen LogP) is 2.50. The van der Waals surface area contributed by atoms with Gasteiger partial charge in [0.15, 0.2) is 0 Å². The van der Waals surface area contributed by atoms with Gasteiger partial charge in [-0.05, 0) is 44.4 Å². The van der Waals surface area contributed by atoms with E-state index < -0.39 is 0 Å². The second-order valence-corrected chi connectivity index (χ2v) is 5.47. The molecule has 102 valence electrons. The Kier molecular flexibility index (Phi) is 4.55. The minimum absolute atomic E-state index is 0.197. The van der Waals surface area contributed by atoms with Gasteiger partial charge >= 0.3 is 0 Å². The van der Waals surface area contributed by atoms with Crippen molar-refractivity contribution in [3.05, 3.63) is 29.4 Å². The molecule has 19 heavy (non-hydrogen) atoms. The summed E-state index contributed by atoms with van der Waals surface area (Å²) in [5, 5.41) is 4.00. The van der Waals surface area contributed by atoms with E-state index in [0.717, 1.165) is 29.1 Å². The molecule has 2 aromatic rings. The maximum Gasteiger partial charge on any atom is 0.243 e. The van der Waals surface area contributed by atoms with E-state index in [-0.39, 0.29) is 6.04 Å². The third-order valence-corrected chi connectivity index (χ3v) is 3.38. The molecule has 0 aliphatic heterocycles. The van der Waals surface area contributed by atoms with Crippen LogP contribution in [0.5, 0.6) is 0 Å². The van der Waals surface area contributed by atoms with Crippen molar-refractivity contribution in [1.29, 1.82) is 0 Å².